The van der Waals surface area contributed by atoms with Gasteiger partial charge in [0.05, 0.1) is 14.2 Å². The fraction of sp³-hybridized carbons (Fsp3) is 0.278. The molecule has 0 fully saturated rings. The van der Waals surface area contributed by atoms with Crippen molar-refractivity contribution in [2.75, 3.05) is 14.2 Å². The molecule has 0 aromatic heterocycles. The summed E-state index contributed by atoms with van der Waals surface area (Å²) in [6.07, 6.45) is -0.235. The van der Waals surface area contributed by atoms with Crippen LogP contribution in [0.4, 0.5) is 0 Å². The lowest BCUT2D eigenvalue weighted by Crippen LogP contribution is -2.10. The first kappa shape index (κ1) is 15.2. The number of rotatable bonds is 3. The molecule has 0 amide bonds. The van der Waals surface area contributed by atoms with Crippen molar-refractivity contribution in [3.05, 3.63) is 53.1 Å². The van der Waals surface area contributed by atoms with Gasteiger partial charge in [-0.05, 0) is 29.8 Å². The van der Waals surface area contributed by atoms with Gasteiger partial charge in [-0.2, -0.15) is 0 Å². The Kier molecular flexibility index (Phi) is 3.86. The molecule has 0 bridgehead atoms. The number of phenolic OH excluding ortho intramolecular Hbond substituents is 1. The number of carbonyl (C=O) groups excluding carboxylic acids is 1. The lowest BCUT2D eigenvalue weighted by Gasteiger charge is -2.16. The van der Waals surface area contributed by atoms with Gasteiger partial charge in [0, 0.05) is 11.5 Å². The third kappa shape index (κ3) is 2.48. The minimum Gasteiger partial charge on any atom is -0.507 e. The molecule has 5 heteroatoms. The van der Waals surface area contributed by atoms with Gasteiger partial charge in [0.15, 0.2) is 0 Å². The second-order valence-electron chi connectivity index (χ2n) is 5.46. The topological polar surface area (TPSA) is 65.0 Å². The van der Waals surface area contributed by atoms with Crippen LogP contribution >= 0.6 is 0 Å². The molecular weight excluding hydrogens is 296 g/mol. The molecule has 2 atom stereocenters. The number of ether oxygens (including phenoxy) is 3. The Morgan fingerprint density at radius 2 is 1.83 bits per heavy atom. The van der Waals surface area contributed by atoms with Crippen LogP contribution in [0.2, 0.25) is 0 Å². The Bertz CT molecular complexity index is 736. The highest BCUT2D eigenvalue weighted by Crippen LogP contribution is 2.49. The number of phenols is 1. The lowest BCUT2D eigenvalue weighted by molar-refractivity contribution is 0.0596. The van der Waals surface area contributed by atoms with Gasteiger partial charge in [0.2, 0.25) is 0 Å². The quantitative estimate of drug-likeness (QED) is 0.879. The van der Waals surface area contributed by atoms with Crippen LogP contribution in [-0.4, -0.2) is 25.3 Å². The molecule has 1 heterocycles. The first-order valence-corrected chi connectivity index (χ1v) is 7.31. The van der Waals surface area contributed by atoms with Crippen LogP contribution in [0.15, 0.2) is 36.4 Å². The summed E-state index contributed by atoms with van der Waals surface area (Å²) in [5.41, 5.74) is 1.83. The summed E-state index contributed by atoms with van der Waals surface area (Å²) in [6, 6.07) is 10.7. The van der Waals surface area contributed by atoms with Gasteiger partial charge in [-0.15, -0.1) is 0 Å². The van der Waals surface area contributed by atoms with E-state index in [0.717, 1.165) is 11.3 Å². The zero-order valence-corrected chi connectivity index (χ0v) is 13.2. The average Bonchev–Trinajstić information content (AvgIpc) is 2.91. The van der Waals surface area contributed by atoms with Gasteiger partial charge in [0.1, 0.15) is 28.9 Å². The maximum atomic E-state index is 12.0. The van der Waals surface area contributed by atoms with Gasteiger partial charge in [-0.3, -0.25) is 0 Å². The standard InChI is InChI=1S/C18H18O5/c1-10-15-14(9-8-13(19)16(15)18(20)22-3)23-17(10)11-4-6-12(21-2)7-5-11/h4-10,17,19H,1-3H3/t10-,17-/m1/s1. The third-order valence-electron chi connectivity index (χ3n) is 4.18. The largest absolute Gasteiger partial charge is 0.507 e. The van der Waals surface area contributed by atoms with E-state index in [0.29, 0.717) is 11.3 Å². The van der Waals surface area contributed by atoms with Gasteiger partial charge < -0.3 is 19.3 Å². The number of fused-ring (bicyclic) bond motifs is 1. The van der Waals surface area contributed by atoms with Crippen LogP contribution in [0.5, 0.6) is 17.2 Å². The average molecular weight is 314 g/mol. The van der Waals surface area contributed by atoms with Crippen LogP contribution in [0.25, 0.3) is 0 Å². The lowest BCUT2D eigenvalue weighted by atomic mass is 9.89. The second-order valence-corrected chi connectivity index (χ2v) is 5.46. The number of benzene rings is 2. The number of hydrogen-bond acceptors (Lipinski definition) is 5. The monoisotopic (exact) mass is 314 g/mol. The molecule has 0 spiro atoms. The Balaban J connectivity index is 2.01. The van der Waals surface area contributed by atoms with Crippen molar-refractivity contribution in [2.24, 2.45) is 0 Å². The zero-order chi connectivity index (χ0) is 16.6. The number of aromatic hydroxyl groups is 1. The van der Waals surface area contributed by atoms with Crippen molar-refractivity contribution in [3.8, 4) is 17.2 Å². The molecule has 1 aliphatic rings. The molecule has 0 saturated heterocycles. The van der Waals surface area contributed by atoms with Gasteiger partial charge in [-0.1, -0.05) is 19.1 Å². The number of hydrogen-bond donors (Lipinski definition) is 1. The van der Waals surface area contributed by atoms with E-state index in [1.54, 1.807) is 13.2 Å². The second kappa shape index (κ2) is 5.83. The minimum atomic E-state index is -0.565. The smallest absolute Gasteiger partial charge is 0.342 e. The highest BCUT2D eigenvalue weighted by molar-refractivity contribution is 5.95. The molecule has 23 heavy (non-hydrogen) atoms. The molecule has 0 radical (unpaired) electrons. The molecular formula is C18H18O5. The van der Waals surface area contributed by atoms with Crippen molar-refractivity contribution in [1.82, 2.24) is 0 Å². The van der Waals surface area contributed by atoms with Crippen molar-refractivity contribution >= 4 is 5.97 Å². The Morgan fingerprint density at radius 3 is 2.43 bits per heavy atom. The van der Waals surface area contributed by atoms with Crippen molar-refractivity contribution in [1.29, 1.82) is 0 Å². The van der Waals surface area contributed by atoms with E-state index in [4.69, 9.17) is 14.2 Å². The van der Waals surface area contributed by atoms with E-state index in [1.165, 1.54) is 13.2 Å². The molecule has 1 aliphatic heterocycles. The predicted molar refractivity (Wildman–Crippen MR) is 84.2 cm³/mol. The first-order valence-electron chi connectivity index (χ1n) is 7.31. The summed E-state index contributed by atoms with van der Waals surface area (Å²) in [5, 5.41) is 10.0. The highest BCUT2D eigenvalue weighted by Gasteiger charge is 2.37. The van der Waals surface area contributed by atoms with E-state index in [9.17, 15) is 9.90 Å². The summed E-state index contributed by atoms with van der Waals surface area (Å²) < 4.78 is 16.0. The maximum absolute atomic E-state index is 12.0. The summed E-state index contributed by atoms with van der Waals surface area (Å²) >= 11 is 0. The SMILES string of the molecule is COC(=O)c1c(O)ccc2c1[C@@H](C)[C@H](c1ccc(OC)cc1)O2. The summed E-state index contributed by atoms with van der Waals surface area (Å²) in [4.78, 5) is 12.0. The normalized spacial score (nSPS) is 18.9. The maximum Gasteiger partial charge on any atom is 0.342 e. The first-order chi connectivity index (χ1) is 11.1. The Hall–Kier alpha value is -2.69. The summed E-state index contributed by atoms with van der Waals surface area (Å²) in [7, 11) is 2.91. The molecule has 0 unspecified atom stereocenters. The molecule has 5 nitrogen and oxygen atoms in total. The number of carbonyl (C=O) groups is 1. The van der Waals surface area contributed by atoms with Crippen LogP contribution in [0.1, 0.15) is 40.4 Å². The van der Waals surface area contributed by atoms with Crippen molar-refractivity contribution < 1.29 is 24.1 Å². The molecule has 0 saturated carbocycles. The molecule has 120 valence electrons. The molecule has 0 aliphatic carbocycles. The van der Waals surface area contributed by atoms with E-state index in [1.807, 2.05) is 31.2 Å². The Morgan fingerprint density at radius 1 is 1.13 bits per heavy atom. The molecule has 1 N–H and O–H groups in total. The van der Waals surface area contributed by atoms with E-state index < -0.39 is 5.97 Å². The molecule has 2 aromatic rings. The summed E-state index contributed by atoms with van der Waals surface area (Å²) in [5.74, 6) is 0.604. The minimum absolute atomic E-state index is 0.0959. The zero-order valence-electron chi connectivity index (χ0n) is 13.2. The van der Waals surface area contributed by atoms with Crippen molar-refractivity contribution in [2.45, 2.75) is 18.9 Å². The number of esters is 1. The molecule has 3 rings (SSSR count). The number of methoxy groups -OCH3 is 2. The van der Waals surface area contributed by atoms with Crippen LogP contribution in [-0.2, 0) is 4.74 Å². The van der Waals surface area contributed by atoms with Crippen LogP contribution < -0.4 is 9.47 Å². The highest BCUT2D eigenvalue weighted by atomic mass is 16.5. The van der Waals surface area contributed by atoms with E-state index in [2.05, 4.69) is 0 Å². The van der Waals surface area contributed by atoms with E-state index >= 15 is 0 Å². The third-order valence-corrected chi connectivity index (χ3v) is 4.18. The summed E-state index contributed by atoms with van der Waals surface area (Å²) in [6.45, 7) is 1.96. The Labute approximate surface area is 134 Å². The fourth-order valence-corrected chi connectivity index (χ4v) is 3.00. The van der Waals surface area contributed by atoms with Gasteiger partial charge in [-0.25, -0.2) is 4.79 Å². The van der Waals surface area contributed by atoms with Gasteiger partial charge >= 0.3 is 5.97 Å². The van der Waals surface area contributed by atoms with Gasteiger partial charge in [0.25, 0.3) is 0 Å². The fourth-order valence-electron chi connectivity index (χ4n) is 3.00. The van der Waals surface area contributed by atoms with Crippen molar-refractivity contribution in [3.63, 3.8) is 0 Å². The van der Waals surface area contributed by atoms with Crippen LogP contribution in [0, 0.1) is 0 Å². The molecule has 2 aromatic carbocycles. The van der Waals surface area contributed by atoms with E-state index in [-0.39, 0.29) is 23.3 Å². The van der Waals surface area contributed by atoms with Crippen LogP contribution in [0.3, 0.4) is 0 Å². The predicted octanol–water partition coefficient (Wildman–Crippen LogP) is 3.42.